The van der Waals surface area contributed by atoms with Crippen LogP contribution in [-0.4, -0.2) is 29.2 Å². The van der Waals surface area contributed by atoms with Crippen LogP contribution in [0.5, 0.6) is 5.75 Å². The minimum atomic E-state index is -0.205. The molecule has 1 heterocycles. The standard InChI is InChI=1S/C30H36N2O4/c1-3-4-5-18-34-35-21-23-8-12-27(13-9-23)30(33)36-28-19-31-29(32-20-28)26-16-14-25(15-17-26)24-10-6-22(2)7-11-24/h6-7,10-11,14-17,19-20,23,27H,3-5,8-9,12-13,18,21H2,1-2H3. The molecule has 0 unspecified atom stereocenters. The van der Waals surface area contributed by atoms with E-state index in [1.54, 1.807) is 12.4 Å². The fourth-order valence-electron chi connectivity index (χ4n) is 4.45. The van der Waals surface area contributed by atoms with E-state index >= 15 is 0 Å². The third-order valence-corrected chi connectivity index (χ3v) is 6.77. The third kappa shape index (κ3) is 7.45. The van der Waals surface area contributed by atoms with Crippen molar-refractivity contribution in [1.82, 2.24) is 9.97 Å². The molecule has 1 aliphatic rings. The van der Waals surface area contributed by atoms with Crippen LogP contribution in [0, 0.1) is 18.8 Å². The molecule has 0 bridgehead atoms. The Labute approximate surface area is 214 Å². The summed E-state index contributed by atoms with van der Waals surface area (Å²) >= 11 is 0. The van der Waals surface area contributed by atoms with E-state index in [1.807, 2.05) is 12.1 Å². The van der Waals surface area contributed by atoms with Crippen LogP contribution < -0.4 is 4.74 Å². The van der Waals surface area contributed by atoms with Crippen LogP contribution >= 0.6 is 0 Å². The summed E-state index contributed by atoms with van der Waals surface area (Å²) in [6, 6.07) is 16.6. The fraction of sp³-hybridized carbons (Fsp3) is 0.433. The van der Waals surface area contributed by atoms with Gasteiger partial charge in [-0.05, 0) is 56.1 Å². The summed E-state index contributed by atoms with van der Waals surface area (Å²) in [5, 5.41) is 0. The highest BCUT2D eigenvalue weighted by molar-refractivity contribution is 5.75. The first-order valence-electron chi connectivity index (χ1n) is 13.1. The Morgan fingerprint density at radius 2 is 1.44 bits per heavy atom. The number of ether oxygens (including phenoxy) is 1. The van der Waals surface area contributed by atoms with Crippen LogP contribution in [0.4, 0.5) is 0 Å². The van der Waals surface area contributed by atoms with Crippen LogP contribution in [-0.2, 0) is 14.6 Å². The molecule has 1 aliphatic carbocycles. The van der Waals surface area contributed by atoms with Crippen LogP contribution in [0.2, 0.25) is 0 Å². The summed E-state index contributed by atoms with van der Waals surface area (Å²) in [5.74, 6) is 1.11. The van der Waals surface area contributed by atoms with E-state index < -0.39 is 0 Å². The minimum absolute atomic E-state index is 0.0966. The molecule has 0 spiro atoms. The average Bonchev–Trinajstić information content (AvgIpc) is 2.92. The first kappa shape index (κ1) is 26.0. The van der Waals surface area contributed by atoms with Crippen molar-refractivity contribution in [3.05, 3.63) is 66.5 Å². The van der Waals surface area contributed by atoms with E-state index in [2.05, 4.69) is 60.2 Å². The topological polar surface area (TPSA) is 70.5 Å². The van der Waals surface area contributed by atoms with Gasteiger partial charge in [0.15, 0.2) is 11.6 Å². The molecular formula is C30H36N2O4. The molecule has 36 heavy (non-hydrogen) atoms. The third-order valence-electron chi connectivity index (χ3n) is 6.77. The Balaban J connectivity index is 1.22. The van der Waals surface area contributed by atoms with Crippen molar-refractivity contribution in [2.24, 2.45) is 11.8 Å². The van der Waals surface area contributed by atoms with Gasteiger partial charge in [-0.15, -0.1) is 0 Å². The number of nitrogens with zero attached hydrogens (tertiary/aromatic N) is 2. The van der Waals surface area contributed by atoms with Gasteiger partial charge in [-0.25, -0.2) is 19.7 Å². The van der Waals surface area contributed by atoms with Crippen molar-refractivity contribution < 1.29 is 19.3 Å². The SMILES string of the molecule is CCCCCOOCC1CCC(C(=O)Oc2cnc(-c3ccc(-c4ccc(C)cc4)cc3)nc2)CC1. The minimum Gasteiger partial charge on any atom is -0.423 e. The Kier molecular flexibility index (Phi) is 9.59. The Morgan fingerprint density at radius 1 is 0.833 bits per heavy atom. The lowest BCUT2D eigenvalue weighted by Crippen LogP contribution is -2.27. The summed E-state index contributed by atoms with van der Waals surface area (Å²) in [6.07, 6.45) is 9.98. The van der Waals surface area contributed by atoms with Gasteiger partial charge in [0.05, 0.1) is 31.5 Å². The number of carbonyl (C=O) groups is 1. The Morgan fingerprint density at radius 3 is 2.08 bits per heavy atom. The summed E-state index contributed by atoms with van der Waals surface area (Å²) in [6.45, 7) is 5.49. The molecule has 1 aromatic heterocycles. The summed E-state index contributed by atoms with van der Waals surface area (Å²) in [4.78, 5) is 32.1. The number of esters is 1. The average molecular weight is 489 g/mol. The predicted molar refractivity (Wildman–Crippen MR) is 140 cm³/mol. The van der Waals surface area contributed by atoms with Gasteiger partial charge < -0.3 is 4.74 Å². The lowest BCUT2D eigenvalue weighted by Gasteiger charge is -2.26. The van der Waals surface area contributed by atoms with E-state index in [0.717, 1.165) is 49.7 Å². The number of aryl methyl sites for hydroxylation is 1. The molecule has 1 fully saturated rings. The molecule has 0 saturated heterocycles. The molecule has 2 aromatic carbocycles. The fourth-order valence-corrected chi connectivity index (χ4v) is 4.45. The van der Waals surface area contributed by atoms with Crippen molar-refractivity contribution in [3.8, 4) is 28.3 Å². The second-order valence-corrected chi connectivity index (χ2v) is 9.64. The van der Waals surface area contributed by atoms with Crippen LogP contribution in [0.3, 0.4) is 0 Å². The molecule has 0 radical (unpaired) electrons. The van der Waals surface area contributed by atoms with Crippen LogP contribution in [0.25, 0.3) is 22.5 Å². The van der Waals surface area contributed by atoms with Gasteiger partial charge in [-0.2, -0.15) is 0 Å². The molecule has 0 amide bonds. The number of hydrogen-bond acceptors (Lipinski definition) is 6. The zero-order valence-electron chi connectivity index (χ0n) is 21.3. The zero-order valence-corrected chi connectivity index (χ0v) is 21.3. The largest absolute Gasteiger partial charge is 0.423 e. The van der Waals surface area contributed by atoms with Gasteiger partial charge in [-0.1, -0.05) is 73.9 Å². The van der Waals surface area contributed by atoms with Crippen LogP contribution in [0.15, 0.2) is 60.9 Å². The van der Waals surface area contributed by atoms with Gasteiger partial charge in [0.1, 0.15) is 0 Å². The van der Waals surface area contributed by atoms with E-state index in [0.29, 0.717) is 30.7 Å². The van der Waals surface area contributed by atoms with Crippen molar-refractivity contribution in [2.75, 3.05) is 13.2 Å². The Bertz CT molecular complexity index is 1070. The van der Waals surface area contributed by atoms with Crippen molar-refractivity contribution in [2.45, 2.75) is 58.8 Å². The summed E-state index contributed by atoms with van der Waals surface area (Å²) < 4.78 is 5.58. The summed E-state index contributed by atoms with van der Waals surface area (Å²) in [5.41, 5.74) is 4.47. The molecule has 4 rings (SSSR count). The molecule has 1 saturated carbocycles. The normalized spacial score (nSPS) is 17.6. The smallest absolute Gasteiger partial charge is 0.314 e. The Hall–Kier alpha value is -3.09. The number of unbranched alkanes of at least 4 members (excludes halogenated alkanes) is 2. The lowest BCUT2D eigenvalue weighted by atomic mass is 9.82. The van der Waals surface area contributed by atoms with Gasteiger partial charge >= 0.3 is 5.97 Å². The molecule has 6 heteroatoms. The van der Waals surface area contributed by atoms with E-state index in [1.165, 1.54) is 17.5 Å². The second kappa shape index (κ2) is 13.3. The molecule has 3 aromatic rings. The summed E-state index contributed by atoms with van der Waals surface area (Å²) in [7, 11) is 0. The number of aromatic nitrogens is 2. The molecule has 0 aliphatic heterocycles. The first-order chi connectivity index (χ1) is 17.6. The molecule has 6 nitrogen and oxygen atoms in total. The molecule has 0 N–H and O–H groups in total. The highest BCUT2D eigenvalue weighted by atomic mass is 17.2. The lowest BCUT2D eigenvalue weighted by molar-refractivity contribution is -0.302. The number of benzene rings is 2. The zero-order chi connectivity index (χ0) is 25.2. The molecule has 0 atom stereocenters. The second-order valence-electron chi connectivity index (χ2n) is 9.64. The van der Waals surface area contributed by atoms with Crippen molar-refractivity contribution in [3.63, 3.8) is 0 Å². The highest BCUT2D eigenvalue weighted by Crippen LogP contribution is 2.30. The number of carbonyl (C=O) groups excluding carboxylic acids is 1. The van der Waals surface area contributed by atoms with E-state index in [4.69, 9.17) is 14.5 Å². The van der Waals surface area contributed by atoms with Gasteiger partial charge in [-0.3, -0.25) is 4.79 Å². The molecule has 190 valence electrons. The van der Waals surface area contributed by atoms with E-state index in [9.17, 15) is 4.79 Å². The van der Waals surface area contributed by atoms with Crippen molar-refractivity contribution in [1.29, 1.82) is 0 Å². The predicted octanol–water partition coefficient (Wildman–Crippen LogP) is 6.97. The maximum absolute atomic E-state index is 12.6. The van der Waals surface area contributed by atoms with Gasteiger partial charge in [0.2, 0.25) is 0 Å². The van der Waals surface area contributed by atoms with Gasteiger partial charge in [0.25, 0.3) is 0 Å². The quantitative estimate of drug-likeness (QED) is 0.126. The van der Waals surface area contributed by atoms with E-state index in [-0.39, 0.29) is 11.9 Å². The highest BCUT2D eigenvalue weighted by Gasteiger charge is 2.28. The number of rotatable bonds is 11. The number of hydrogen-bond donors (Lipinski definition) is 0. The molecular weight excluding hydrogens is 452 g/mol. The van der Waals surface area contributed by atoms with Gasteiger partial charge in [0, 0.05) is 5.56 Å². The van der Waals surface area contributed by atoms with Crippen molar-refractivity contribution >= 4 is 5.97 Å². The maximum Gasteiger partial charge on any atom is 0.314 e. The maximum atomic E-state index is 12.6. The monoisotopic (exact) mass is 488 g/mol. The first-order valence-corrected chi connectivity index (χ1v) is 13.1. The van der Waals surface area contributed by atoms with Crippen LogP contribution in [0.1, 0.15) is 57.4 Å².